The number of pyridine rings is 1. The number of anilines is 2. The maximum Gasteiger partial charge on any atom is 0.272 e. The molecule has 1 amide bonds. The molecule has 0 atom stereocenters. The summed E-state index contributed by atoms with van der Waals surface area (Å²) >= 11 is 5.75. The summed E-state index contributed by atoms with van der Waals surface area (Å²) in [6.45, 7) is 0. The highest BCUT2D eigenvalue weighted by Crippen LogP contribution is 2.22. The van der Waals surface area contributed by atoms with E-state index in [2.05, 4.69) is 10.3 Å². The lowest BCUT2D eigenvalue weighted by atomic mass is 10.2. The summed E-state index contributed by atoms with van der Waals surface area (Å²) in [5.41, 5.74) is 6.32. The number of hydrogen-bond acceptors (Lipinski definition) is 3. The number of H-pyrrole nitrogens is 1. The maximum atomic E-state index is 11.8. The van der Waals surface area contributed by atoms with Gasteiger partial charge in [0, 0.05) is 11.1 Å². The number of carbonyl (C=O) groups excluding carboxylic acids is 1. The third-order valence-corrected chi connectivity index (χ3v) is 2.51. The molecule has 2 aromatic rings. The first-order valence-corrected chi connectivity index (χ1v) is 5.50. The molecule has 4 N–H and O–H groups in total. The van der Waals surface area contributed by atoms with Gasteiger partial charge in [0.15, 0.2) is 0 Å². The van der Waals surface area contributed by atoms with Crippen molar-refractivity contribution in [1.82, 2.24) is 4.98 Å². The van der Waals surface area contributed by atoms with Gasteiger partial charge in [-0.25, -0.2) is 0 Å². The molecular formula is C12H10ClN3O2. The molecule has 1 aromatic heterocycles. The average Bonchev–Trinajstić information content (AvgIpc) is 2.32. The fourth-order valence-electron chi connectivity index (χ4n) is 1.42. The summed E-state index contributed by atoms with van der Waals surface area (Å²) in [6.07, 6.45) is 0. The summed E-state index contributed by atoms with van der Waals surface area (Å²) < 4.78 is 0. The van der Waals surface area contributed by atoms with Crippen LogP contribution in [0.25, 0.3) is 0 Å². The van der Waals surface area contributed by atoms with E-state index in [1.54, 1.807) is 12.1 Å². The number of halogens is 1. The minimum Gasteiger partial charge on any atom is -0.397 e. The van der Waals surface area contributed by atoms with Crippen molar-refractivity contribution in [3.8, 4) is 0 Å². The Morgan fingerprint density at radius 1 is 1.28 bits per heavy atom. The van der Waals surface area contributed by atoms with Gasteiger partial charge in [0.05, 0.1) is 11.4 Å². The van der Waals surface area contributed by atoms with Crippen molar-refractivity contribution in [2.45, 2.75) is 0 Å². The second-order valence-corrected chi connectivity index (χ2v) is 4.05. The van der Waals surface area contributed by atoms with Gasteiger partial charge in [-0.1, -0.05) is 17.7 Å². The SMILES string of the molecule is Nc1cc(Cl)ccc1NC(=O)c1cccc(=O)[nH]1. The van der Waals surface area contributed by atoms with Crippen LogP contribution in [0.1, 0.15) is 10.5 Å². The zero-order chi connectivity index (χ0) is 13.1. The van der Waals surface area contributed by atoms with Crippen molar-refractivity contribution in [2.24, 2.45) is 0 Å². The Morgan fingerprint density at radius 2 is 2.06 bits per heavy atom. The molecule has 0 aliphatic heterocycles. The molecule has 0 unspecified atom stereocenters. The van der Waals surface area contributed by atoms with Crippen LogP contribution in [0.4, 0.5) is 11.4 Å². The lowest BCUT2D eigenvalue weighted by molar-refractivity contribution is 0.102. The smallest absolute Gasteiger partial charge is 0.272 e. The van der Waals surface area contributed by atoms with Gasteiger partial charge in [-0.15, -0.1) is 0 Å². The Morgan fingerprint density at radius 3 is 2.72 bits per heavy atom. The van der Waals surface area contributed by atoms with E-state index in [4.69, 9.17) is 17.3 Å². The molecule has 0 radical (unpaired) electrons. The number of carbonyl (C=O) groups is 1. The van der Waals surface area contributed by atoms with Crippen LogP contribution in [-0.2, 0) is 0 Å². The predicted molar refractivity (Wildman–Crippen MR) is 70.9 cm³/mol. The molecule has 0 saturated carbocycles. The van der Waals surface area contributed by atoms with Crippen LogP contribution in [0.5, 0.6) is 0 Å². The lowest BCUT2D eigenvalue weighted by Crippen LogP contribution is -2.18. The predicted octanol–water partition coefficient (Wildman–Crippen LogP) is 1.86. The highest BCUT2D eigenvalue weighted by atomic mass is 35.5. The molecule has 2 rings (SSSR count). The number of amides is 1. The molecule has 0 fully saturated rings. The van der Waals surface area contributed by atoms with E-state index >= 15 is 0 Å². The third-order valence-electron chi connectivity index (χ3n) is 2.27. The quantitative estimate of drug-likeness (QED) is 0.723. The first-order chi connectivity index (χ1) is 8.56. The fourth-order valence-corrected chi connectivity index (χ4v) is 1.60. The number of rotatable bonds is 2. The summed E-state index contributed by atoms with van der Waals surface area (Å²) in [7, 11) is 0. The Bertz CT molecular complexity index is 652. The molecule has 0 aliphatic carbocycles. The van der Waals surface area contributed by atoms with Crippen LogP contribution in [0.3, 0.4) is 0 Å². The molecular weight excluding hydrogens is 254 g/mol. The number of aromatic amines is 1. The van der Waals surface area contributed by atoms with E-state index in [1.807, 2.05) is 0 Å². The normalized spacial score (nSPS) is 10.1. The van der Waals surface area contributed by atoms with Crippen LogP contribution in [-0.4, -0.2) is 10.9 Å². The Balaban J connectivity index is 2.24. The number of nitrogens with two attached hydrogens (primary N) is 1. The summed E-state index contributed by atoms with van der Waals surface area (Å²) in [5, 5.41) is 3.07. The number of hydrogen-bond donors (Lipinski definition) is 3. The largest absolute Gasteiger partial charge is 0.397 e. The first kappa shape index (κ1) is 12.2. The number of benzene rings is 1. The van der Waals surface area contributed by atoms with Gasteiger partial charge in [-0.2, -0.15) is 0 Å². The lowest BCUT2D eigenvalue weighted by Gasteiger charge is -2.08. The first-order valence-electron chi connectivity index (χ1n) is 5.12. The highest BCUT2D eigenvalue weighted by molar-refractivity contribution is 6.31. The molecule has 1 aromatic carbocycles. The van der Waals surface area contributed by atoms with E-state index in [0.717, 1.165) is 0 Å². The molecule has 92 valence electrons. The van der Waals surface area contributed by atoms with E-state index < -0.39 is 5.91 Å². The summed E-state index contributed by atoms with van der Waals surface area (Å²) in [6, 6.07) is 9.07. The van der Waals surface area contributed by atoms with E-state index in [9.17, 15) is 9.59 Å². The van der Waals surface area contributed by atoms with Crippen LogP contribution < -0.4 is 16.6 Å². The molecule has 5 nitrogen and oxygen atoms in total. The van der Waals surface area contributed by atoms with E-state index in [0.29, 0.717) is 16.4 Å². The Labute approximate surface area is 108 Å². The van der Waals surface area contributed by atoms with Crippen LogP contribution >= 0.6 is 11.6 Å². The van der Waals surface area contributed by atoms with Gasteiger partial charge in [0.2, 0.25) is 5.56 Å². The Kier molecular flexibility index (Phi) is 3.34. The standard InChI is InChI=1S/C12H10ClN3O2/c13-7-4-5-9(8(14)6-7)16-12(18)10-2-1-3-11(17)15-10/h1-6H,14H2,(H,15,17)(H,16,18). The maximum absolute atomic E-state index is 11.8. The molecule has 18 heavy (non-hydrogen) atoms. The number of nitrogens with one attached hydrogen (secondary N) is 2. The van der Waals surface area contributed by atoms with Gasteiger partial charge in [-0.3, -0.25) is 9.59 Å². The molecule has 1 heterocycles. The number of nitrogen functional groups attached to an aromatic ring is 1. The van der Waals surface area contributed by atoms with Crippen LogP contribution in [0, 0.1) is 0 Å². The Hall–Kier alpha value is -2.27. The molecule has 0 saturated heterocycles. The molecule has 0 bridgehead atoms. The van der Waals surface area contributed by atoms with Crippen molar-refractivity contribution in [2.75, 3.05) is 11.1 Å². The van der Waals surface area contributed by atoms with Crippen LogP contribution in [0.15, 0.2) is 41.2 Å². The molecule has 0 spiro atoms. The highest BCUT2D eigenvalue weighted by Gasteiger charge is 2.08. The van der Waals surface area contributed by atoms with Crippen LogP contribution in [0.2, 0.25) is 5.02 Å². The van der Waals surface area contributed by atoms with Gasteiger partial charge in [0.1, 0.15) is 5.69 Å². The van der Waals surface area contributed by atoms with E-state index in [1.165, 1.54) is 24.3 Å². The zero-order valence-electron chi connectivity index (χ0n) is 9.24. The van der Waals surface area contributed by atoms with Gasteiger partial charge >= 0.3 is 0 Å². The molecule has 6 heteroatoms. The zero-order valence-corrected chi connectivity index (χ0v) is 9.99. The van der Waals surface area contributed by atoms with Crippen molar-refractivity contribution < 1.29 is 4.79 Å². The van der Waals surface area contributed by atoms with Gasteiger partial charge in [-0.05, 0) is 24.3 Å². The minimum atomic E-state index is -0.443. The van der Waals surface area contributed by atoms with E-state index in [-0.39, 0.29) is 11.3 Å². The monoisotopic (exact) mass is 263 g/mol. The fraction of sp³-hybridized carbons (Fsp3) is 0. The second kappa shape index (κ2) is 4.93. The van der Waals surface area contributed by atoms with Crippen molar-refractivity contribution >= 4 is 28.9 Å². The van der Waals surface area contributed by atoms with Gasteiger partial charge < -0.3 is 16.0 Å². The molecule has 0 aliphatic rings. The van der Waals surface area contributed by atoms with Crippen molar-refractivity contribution in [1.29, 1.82) is 0 Å². The minimum absolute atomic E-state index is 0.164. The van der Waals surface area contributed by atoms with Gasteiger partial charge in [0.25, 0.3) is 5.91 Å². The third kappa shape index (κ3) is 2.70. The topological polar surface area (TPSA) is 88.0 Å². The van der Waals surface area contributed by atoms with Crippen molar-refractivity contribution in [3.63, 3.8) is 0 Å². The van der Waals surface area contributed by atoms with Crippen molar-refractivity contribution in [3.05, 3.63) is 57.5 Å². The summed E-state index contributed by atoms with van der Waals surface area (Å²) in [4.78, 5) is 25.3. The summed E-state index contributed by atoms with van der Waals surface area (Å²) in [5.74, 6) is -0.443. The average molecular weight is 264 g/mol. The second-order valence-electron chi connectivity index (χ2n) is 3.61. The number of aromatic nitrogens is 1.